The number of ether oxygens (including phenoxy) is 1. The lowest BCUT2D eigenvalue weighted by Crippen LogP contribution is -2.54. The van der Waals surface area contributed by atoms with Gasteiger partial charge in [-0.1, -0.05) is 18.6 Å². The zero-order valence-electron chi connectivity index (χ0n) is 13.0. The second-order valence-corrected chi connectivity index (χ2v) is 7.33. The molecular formula is C16H27NO2. The maximum atomic E-state index is 12.4. The third kappa shape index (κ3) is 3.13. The van der Waals surface area contributed by atoms with Gasteiger partial charge >= 0.3 is 6.09 Å². The molecule has 3 nitrogen and oxygen atoms in total. The van der Waals surface area contributed by atoms with Crippen molar-refractivity contribution in [2.75, 3.05) is 6.54 Å². The minimum atomic E-state index is -0.411. The van der Waals surface area contributed by atoms with Crippen LogP contribution < -0.4 is 0 Å². The Labute approximate surface area is 117 Å². The van der Waals surface area contributed by atoms with E-state index in [2.05, 4.69) is 19.9 Å². The van der Waals surface area contributed by atoms with Crippen molar-refractivity contribution in [3.05, 3.63) is 11.6 Å². The Kier molecular flexibility index (Phi) is 3.67. The summed E-state index contributed by atoms with van der Waals surface area (Å²) in [5.74, 6) is 0. The molecule has 1 aliphatic carbocycles. The Morgan fingerprint density at radius 1 is 1.47 bits per heavy atom. The zero-order valence-corrected chi connectivity index (χ0v) is 13.0. The number of allylic oxidation sites excluding steroid dienone is 1. The molecule has 1 saturated heterocycles. The number of carbonyl (C=O) groups excluding carboxylic acids is 1. The smallest absolute Gasteiger partial charge is 0.410 e. The van der Waals surface area contributed by atoms with Gasteiger partial charge in [-0.25, -0.2) is 4.79 Å². The first-order valence-corrected chi connectivity index (χ1v) is 7.39. The van der Waals surface area contributed by atoms with Crippen LogP contribution in [0.15, 0.2) is 11.6 Å². The summed E-state index contributed by atoms with van der Waals surface area (Å²) in [4.78, 5) is 14.3. The number of fused-ring (bicyclic) bond motifs is 1. The lowest BCUT2D eigenvalue weighted by Gasteiger charge is -2.49. The van der Waals surface area contributed by atoms with E-state index in [0.717, 1.165) is 25.8 Å². The van der Waals surface area contributed by atoms with Gasteiger partial charge in [-0.15, -0.1) is 0 Å². The predicted octanol–water partition coefficient (Wildman–Crippen LogP) is 4.13. The van der Waals surface area contributed by atoms with E-state index in [1.165, 1.54) is 12.0 Å². The van der Waals surface area contributed by atoms with Crippen LogP contribution in [-0.4, -0.2) is 29.2 Å². The number of hydrogen-bond donors (Lipinski definition) is 0. The zero-order chi connectivity index (χ0) is 14.3. The fraction of sp³-hybridized carbons (Fsp3) is 0.812. The highest BCUT2D eigenvalue weighted by Crippen LogP contribution is 2.44. The number of amides is 1. The molecule has 2 atom stereocenters. The summed E-state index contributed by atoms with van der Waals surface area (Å²) in [5, 5.41) is 0. The third-order valence-electron chi connectivity index (χ3n) is 4.27. The van der Waals surface area contributed by atoms with Gasteiger partial charge in [0.25, 0.3) is 0 Å². The van der Waals surface area contributed by atoms with Crippen LogP contribution in [0.5, 0.6) is 0 Å². The van der Waals surface area contributed by atoms with E-state index in [1.54, 1.807) is 0 Å². The van der Waals surface area contributed by atoms with E-state index in [4.69, 9.17) is 4.74 Å². The van der Waals surface area contributed by atoms with Gasteiger partial charge in [-0.05, 0) is 53.4 Å². The Morgan fingerprint density at radius 2 is 2.16 bits per heavy atom. The van der Waals surface area contributed by atoms with Crippen LogP contribution in [0.25, 0.3) is 0 Å². The lowest BCUT2D eigenvalue weighted by molar-refractivity contribution is -0.0132. The Bertz CT molecular complexity index is 394. The van der Waals surface area contributed by atoms with Crippen LogP contribution in [0.3, 0.4) is 0 Å². The van der Waals surface area contributed by atoms with E-state index in [1.807, 2.05) is 25.7 Å². The number of hydrogen-bond acceptors (Lipinski definition) is 2. The minimum absolute atomic E-state index is 0.136. The molecular weight excluding hydrogens is 238 g/mol. The van der Waals surface area contributed by atoms with Gasteiger partial charge in [-0.3, -0.25) is 0 Å². The van der Waals surface area contributed by atoms with Gasteiger partial charge in [0.15, 0.2) is 0 Å². The van der Waals surface area contributed by atoms with E-state index in [0.29, 0.717) is 6.04 Å². The quantitative estimate of drug-likeness (QED) is 0.616. The van der Waals surface area contributed by atoms with Gasteiger partial charge < -0.3 is 9.64 Å². The lowest BCUT2D eigenvalue weighted by atomic mass is 9.68. The molecule has 3 heteroatoms. The van der Waals surface area contributed by atoms with Gasteiger partial charge in [-0.2, -0.15) is 0 Å². The van der Waals surface area contributed by atoms with E-state index >= 15 is 0 Å². The fourth-order valence-electron chi connectivity index (χ4n) is 3.50. The predicted molar refractivity (Wildman–Crippen MR) is 77.1 cm³/mol. The van der Waals surface area contributed by atoms with Crippen LogP contribution in [0.2, 0.25) is 0 Å². The van der Waals surface area contributed by atoms with Crippen molar-refractivity contribution < 1.29 is 9.53 Å². The molecule has 1 heterocycles. The van der Waals surface area contributed by atoms with E-state index < -0.39 is 5.60 Å². The number of rotatable bonds is 0. The Balaban J connectivity index is 2.17. The van der Waals surface area contributed by atoms with Crippen LogP contribution in [0, 0.1) is 5.41 Å². The van der Waals surface area contributed by atoms with Gasteiger partial charge in [0.2, 0.25) is 0 Å². The summed E-state index contributed by atoms with van der Waals surface area (Å²) < 4.78 is 5.56. The average molecular weight is 265 g/mol. The number of carbonyl (C=O) groups is 1. The molecule has 108 valence electrons. The maximum absolute atomic E-state index is 12.4. The van der Waals surface area contributed by atoms with Crippen molar-refractivity contribution in [1.29, 1.82) is 0 Å². The molecule has 2 aliphatic rings. The largest absolute Gasteiger partial charge is 0.444 e. The second-order valence-electron chi connectivity index (χ2n) is 7.33. The first kappa shape index (κ1) is 14.4. The average Bonchev–Trinajstić information content (AvgIpc) is 2.24. The molecule has 1 fully saturated rings. The molecule has 0 saturated carbocycles. The monoisotopic (exact) mass is 265 g/mol. The maximum Gasteiger partial charge on any atom is 0.410 e. The van der Waals surface area contributed by atoms with Crippen molar-refractivity contribution in [3.8, 4) is 0 Å². The second kappa shape index (κ2) is 4.84. The summed E-state index contributed by atoms with van der Waals surface area (Å²) >= 11 is 0. The molecule has 0 aromatic rings. The van der Waals surface area contributed by atoms with Crippen molar-refractivity contribution in [1.82, 2.24) is 4.90 Å². The first-order valence-electron chi connectivity index (χ1n) is 7.39. The summed E-state index contributed by atoms with van der Waals surface area (Å²) in [6.07, 6.45) is 6.65. The van der Waals surface area contributed by atoms with Crippen LogP contribution in [0.1, 0.15) is 60.3 Å². The summed E-state index contributed by atoms with van der Waals surface area (Å²) in [6, 6.07) is 0.305. The fourth-order valence-corrected chi connectivity index (χ4v) is 3.50. The highest BCUT2D eigenvalue weighted by molar-refractivity contribution is 5.69. The van der Waals surface area contributed by atoms with Gasteiger partial charge in [0.05, 0.1) is 0 Å². The Morgan fingerprint density at radius 3 is 2.79 bits per heavy atom. The topological polar surface area (TPSA) is 29.5 Å². The first-order chi connectivity index (χ1) is 8.71. The highest BCUT2D eigenvalue weighted by atomic mass is 16.6. The van der Waals surface area contributed by atoms with Gasteiger partial charge in [0, 0.05) is 18.0 Å². The summed E-state index contributed by atoms with van der Waals surface area (Å²) in [6.45, 7) is 11.1. The molecule has 0 radical (unpaired) electrons. The molecule has 1 amide bonds. The highest BCUT2D eigenvalue weighted by Gasteiger charge is 2.44. The Hall–Kier alpha value is -0.990. The number of likely N-dealkylation sites (tertiary alicyclic amines) is 1. The van der Waals surface area contributed by atoms with Crippen molar-refractivity contribution >= 4 is 6.09 Å². The van der Waals surface area contributed by atoms with Crippen molar-refractivity contribution in [2.45, 2.75) is 71.9 Å². The SMILES string of the molecule is CC1=CC2(C)CCCN(C(=O)OC(C)(C)C)C2CC1. The summed E-state index contributed by atoms with van der Waals surface area (Å²) in [5.41, 5.74) is 1.19. The molecule has 0 aromatic carbocycles. The van der Waals surface area contributed by atoms with E-state index in [9.17, 15) is 4.79 Å². The van der Waals surface area contributed by atoms with E-state index in [-0.39, 0.29) is 11.5 Å². The molecule has 0 N–H and O–H groups in total. The molecule has 1 aliphatic heterocycles. The number of piperidine rings is 1. The normalized spacial score (nSPS) is 31.5. The molecule has 0 aromatic heterocycles. The third-order valence-corrected chi connectivity index (χ3v) is 4.27. The van der Waals surface area contributed by atoms with Crippen LogP contribution in [-0.2, 0) is 4.74 Å². The minimum Gasteiger partial charge on any atom is -0.444 e. The van der Waals surface area contributed by atoms with Crippen molar-refractivity contribution in [2.24, 2.45) is 5.41 Å². The standard InChI is InChI=1S/C16H27NO2/c1-12-7-8-13-16(5,11-12)9-6-10-17(13)14(18)19-15(2,3)4/h11,13H,6-10H2,1-5H3. The molecule has 19 heavy (non-hydrogen) atoms. The summed E-state index contributed by atoms with van der Waals surface area (Å²) in [7, 11) is 0. The molecule has 0 bridgehead atoms. The van der Waals surface area contributed by atoms with Crippen LogP contribution >= 0.6 is 0 Å². The van der Waals surface area contributed by atoms with Gasteiger partial charge in [0.1, 0.15) is 5.60 Å². The van der Waals surface area contributed by atoms with Crippen molar-refractivity contribution in [3.63, 3.8) is 0 Å². The molecule has 2 unspecified atom stereocenters. The molecule has 2 rings (SSSR count). The number of nitrogens with zero attached hydrogens (tertiary/aromatic N) is 1. The van der Waals surface area contributed by atoms with Crippen LogP contribution in [0.4, 0.5) is 4.79 Å². The molecule has 0 spiro atoms.